The molecule has 0 saturated carbocycles. The molecule has 100 valence electrons. The molecule has 0 aliphatic carbocycles. The summed E-state index contributed by atoms with van der Waals surface area (Å²) in [6.07, 6.45) is 1.79. The van der Waals surface area contributed by atoms with Crippen molar-refractivity contribution in [1.82, 2.24) is 0 Å². The Morgan fingerprint density at radius 1 is 0.650 bits per heavy atom. The first-order chi connectivity index (χ1) is 9.69. The Labute approximate surface area is 113 Å². The van der Waals surface area contributed by atoms with E-state index in [1.54, 1.807) is 24.3 Å². The van der Waals surface area contributed by atoms with Gasteiger partial charge in [0, 0.05) is 21.2 Å². The molecular weight excluding hydrogens is 256 g/mol. The second kappa shape index (κ2) is 4.35. The minimum absolute atomic E-state index is 0.0769. The van der Waals surface area contributed by atoms with E-state index in [9.17, 15) is 20.4 Å². The molecular formula is C16H12O4. The van der Waals surface area contributed by atoms with Crippen LogP contribution in [0.2, 0.25) is 0 Å². The molecule has 0 aromatic heterocycles. The van der Waals surface area contributed by atoms with Crippen molar-refractivity contribution in [3.05, 3.63) is 46.8 Å². The fourth-order valence-corrected chi connectivity index (χ4v) is 2.62. The molecule has 0 unspecified atom stereocenters. The van der Waals surface area contributed by atoms with Gasteiger partial charge in [-0.2, -0.15) is 0 Å². The third kappa shape index (κ3) is 1.48. The number of rotatable bonds is 0. The van der Waals surface area contributed by atoms with Gasteiger partial charge < -0.3 is 20.4 Å². The van der Waals surface area contributed by atoms with Crippen molar-refractivity contribution in [1.29, 1.82) is 0 Å². The predicted octanol–water partition coefficient (Wildman–Crippen LogP) is 2.00. The SMILES string of the molecule is OC=c1c2ccccc2c(=CO)c2c(O)ccc(O)c12. The molecule has 3 aromatic rings. The summed E-state index contributed by atoms with van der Waals surface area (Å²) >= 11 is 0. The number of hydrogen-bond acceptors (Lipinski definition) is 4. The average Bonchev–Trinajstić information content (AvgIpc) is 2.48. The maximum absolute atomic E-state index is 10.0. The number of aliphatic hydroxyl groups is 2. The molecule has 0 heterocycles. The molecule has 0 spiro atoms. The van der Waals surface area contributed by atoms with E-state index >= 15 is 0 Å². The first kappa shape index (κ1) is 12.2. The first-order valence-electron chi connectivity index (χ1n) is 6.03. The highest BCUT2D eigenvalue weighted by Gasteiger charge is 2.12. The van der Waals surface area contributed by atoms with Gasteiger partial charge in [-0.15, -0.1) is 0 Å². The molecule has 0 bridgehead atoms. The molecule has 4 heteroatoms. The zero-order chi connectivity index (χ0) is 14.3. The Morgan fingerprint density at radius 3 is 1.40 bits per heavy atom. The first-order valence-corrected chi connectivity index (χ1v) is 6.03. The van der Waals surface area contributed by atoms with Crippen LogP contribution in [0.15, 0.2) is 36.4 Å². The van der Waals surface area contributed by atoms with Gasteiger partial charge in [0.2, 0.25) is 0 Å². The molecule has 0 aliphatic rings. The van der Waals surface area contributed by atoms with Crippen LogP contribution in [-0.2, 0) is 0 Å². The van der Waals surface area contributed by atoms with Gasteiger partial charge in [0.05, 0.1) is 12.5 Å². The summed E-state index contributed by atoms with van der Waals surface area (Å²) in [5.41, 5.74) is 0. The number of aliphatic hydroxyl groups excluding tert-OH is 2. The molecule has 4 N–H and O–H groups in total. The summed E-state index contributed by atoms with van der Waals surface area (Å²) < 4.78 is 0. The Bertz CT molecular complexity index is 864. The maximum atomic E-state index is 10.0. The molecule has 3 rings (SSSR count). The third-order valence-electron chi connectivity index (χ3n) is 3.47. The largest absolute Gasteiger partial charge is 0.515 e. The summed E-state index contributed by atoms with van der Waals surface area (Å²) in [5.74, 6) is -0.154. The van der Waals surface area contributed by atoms with Gasteiger partial charge in [-0.25, -0.2) is 0 Å². The molecule has 3 aromatic carbocycles. The average molecular weight is 268 g/mol. The van der Waals surface area contributed by atoms with Gasteiger partial charge in [-0.05, 0) is 22.9 Å². The number of phenolic OH excluding ortho intramolecular Hbond substituents is 2. The highest BCUT2D eigenvalue weighted by Crippen LogP contribution is 2.28. The van der Waals surface area contributed by atoms with Crippen LogP contribution in [0.25, 0.3) is 34.1 Å². The van der Waals surface area contributed by atoms with Crippen LogP contribution in [-0.4, -0.2) is 20.4 Å². The van der Waals surface area contributed by atoms with E-state index in [1.807, 2.05) is 0 Å². The molecule has 20 heavy (non-hydrogen) atoms. The van der Waals surface area contributed by atoms with Gasteiger partial charge >= 0.3 is 0 Å². The quantitative estimate of drug-likeness (QED) is 0.371. The molecule has 0 amide bonds. The highest BCUT2D eigenvalue weighted by molar-refractivity contribution is 6.04. The summed E-state index contributed by atoms with van der Waals surface area (Å²) in [6, 6.07) is 9.83. The smallest absolute Gasteiger partial charge is 0.124 e. The fourth-order valence-electron chi connectivity index (χ4n) is 2.62. The van der Waals surface area contributed by atoms with Gasteiger partial charge in [-0.1, -0.05) is 24.3 Å². The second-order valence-corrected chi connectivity index (χ2v) is 4.48. The molecule has 0 fully saturated rings. The zero-order valence-electron chi connectivity index (χ0n) is 10.4. The van der Waals surface area contributed by atoms with Crippen LogP contribution in [0.3, 0.4) is 0 Å². The minimum atomic E-state index is -0.0769. The van der Waals surface area contributed by atoms with Crippen LogP contribution < -0.4 is 10.4 Å². The molecule has 0 saturated heterocycles. The summed E-state index contributed by atoms with van der Waals surface area (Å²) in [4.78, 5) is 0. The Balaban J connectivity index is 2.87. The summed E-state index contributed by atoms with van der Waals surface area (Å²) in [7, 11) is 0. The van der Waals surface area contributed by atoms with Crippen LogP contribution in [0.5, 0.6) is 11.5 Å². The third-order valence-corrected chi connectivity index (χ3v) is 3.47. The second-order valence-electron chi connectivity index (χ2n) is 4.48. The molecule has 0 atom stereocenters. The number of hydrogen-bond donors (Lipinski definition) is 4. The van der Waals surface area contributed by atoms with Crippen molar-refractivity contribution in [2.45, 2.75) is 0 Å². The molecule has 0 radical (unpaired) electrons. The zero-order valence-corrected chi connectivity index (χ0v) is 10.4. The van der Waals surface area contributed by atoms with Crippen molar-refractivity contribution in [2.24, 2.45) is 0 Å². The van der Waals surface area contributed by atoms with Gasteiger partial charge in [0.1, 0.15) is 11.5 Å². The van der Waals surface area contributed by atoms with E-state index in [4.69, 9.17) is 0 Å². The van der Waals surface area contributed by atoms with Gasteiger partial charge in [0.25, 0.3) is 0 Å². The standard InChI is InChI=1S/C16H12O4/c17-7-11-9-3-1-2-4-10(9)12(8-18)16-14(20)6-5-13(19)15(11)16/h1-8,17-20H. The molecule has 4 nitrogen and oxygen atoms in total. The summed E-state index contributed by atoms with van der Waals surface area (Å²) in [6.45, 7) is 0. The monoisotopic (exact) mass is 268 g/mol. The Hall–Kier alpha value is -2.88. The van der Waals surface area contributed by atoms with E-state index in [2.05, 4.69) is 0 Å². The topological polar surface area (TPSA) is 80.9 Å². The Kier molecular flexibility index (Phi) is 2.64. The van der Waals surface area contributed by atoms with Gasteiger partial charge in [-0.3, -0.25) is 0 Å². The van der Waals surface area contributed by atoms with E-state index in [-0.39, 0.29) is 11.5 Å². The van der Waals surface area contributed by atoms with Crippen molar-refractivity contribution in [2.75, 3.05) is 0 Å². The van der Waals surface area contributed by atoms with Gasteiger partial charge in [0.15, 0.2) is 0 Å². The summed E-state index contributed by atoms with van der Waals surface area (Å²) in [5, 5.41) is 41.9. The number of fused-ring (bicyclic) bond motifs is 2. The highest BCUT2D eigenvalue weighted by atomic mass is 16.3. The van der Waals surface area contributed by atoms with E-state index < -0.39 is 0 Å². The number of benzene rings is 3. The fraction of sp³-hybridized carbons (Fsp3) is 0. The Morgan fingerprint density at radius 2 is 1.05 bits per heavy atom. The van der Waals surface area contributed by atoms with Crippen molar-refractivity contribution >= 4 is 34.1 Å². The van der Waals surface area contributed by atoms with Crippen molar-refractivity contribution in [3.8, 4) is 11.5 Å². The van der Waals surface area contributed by atoms with Crippen LogP contribution in [0.4, 0.5) is 0 Å². The lowest BCUT2D eigenvalue weighted by Crippen LogP contribution is -2.15. The number of phenols is 2. The number of aromatic hydroxyl groups is 2. The van der Waals surface area contributed by atoms with E-state index in [1.165, 1.54) is 12.1 Å². The van der Waals surface area contributed by atoms with Crippen LogP contribution in [0, 0.1) is 0 Å². The molecule has 0 aliphatic heterocycles. The lowest BCUT2D eigenvalue weighted by atomic mass is 9.97. The minimum Gasteiger partial charge on any atom is -0.515 e. The maximum Gasteiger partial charge on any atom is 0.124 e. The predicted molar refractivity (Wildman–Crippen MR) is 78.2 cm³/mol. The normalized spacial score (nSPS) is 13.4. The van der Waals surface area contributed by atoms with Crippen molar-refractivity contribution in [3.63, 3.8) is 0 Å². The van der Waals surface area contributed by atoms with E-state index in [0.29, 0.717) is 32.0 Å². The van der Waals surface area contributed by atoms with Crippen molar-refractivity contribution < 1.29 is 20.4 Å². The lowest BCUT2D eigenvalue weighted by molar-refractivity contribution is 0.468. The van der Waals surface area contributed by atoms with Crippen LogP contribution in [0.1, 0.15) is 0 Å². The lowest BCUT2D eigenvalue weighted by Gasteiger charge is -2.09. The van der Waals surface area contributed by atoms with E-state index in [0.717, 1.165) is 12.5 Å². The van der Waals surface area contributed by atoms with Crippen LogP contribution >= 0.6 is 0 Å².